The molecule has 0 amide bonds. The van der Waals surface area contributed by atoms with Gasteiger partial charge in [-0.1, -0.05) is 175 Å². The lowest BCUT2D eigenvalue weighted by Gasteiger charge is -2.35. The van der Waals surface area contributed by atoms with Crippen molar-refractivity contribution in [3.63, 3.8) is 0 Å². The molecule has 0 saturated carbocycles. The Kier molecular flexibility index (Phi) is 7.33. The Morgan fingerprint density at radius 2 is 1.00 bits per heavy atom. The highest BCUT2D eigenvalue weighted by molar-refractivity contribution is 8.05. The lowest BCUT2D eigenvalue weighted by molar-refractivity contribution is 0.766. The SMILES string of the molecule is c1ccc(C2(c3ccccc3)c3cc(N(c4ccc5ccccc5c4)c4cccc5ccccc45)ccc3-c3c2ccc2c3Sc3ccccc3S2)cc1. The maximum absolute atomic E-state index is 2.49. The van der Waals surface area contributed by atoms with E-state index in [9.17, 15) is 0 Å². The van der Waals surface area contributed by atoms with Crippen LogP contribution in [0.2, 0.25) is 0 Å². The average Bonchev–Trinajstić information content (AvgIpc) is 3.54. The summed E-state index contributed by atoms with van der Waals surface area (Å²) in [6, 6.07) is 74.1. The van der Waals surface area contributed by atoms with E-state index in [0.29, 0.717) is 0 Å². The van der Waals surface area contributed by atoms with Gasteiger partial charge in [-0.15, -0.1) is 0 Å². The lowest BCUT2D eigenvalue weighted by Crippen LogP contribution is -2.28. The number of nitrogens with zero attached hydrogens (tertiary/aromatic N) is 1. The maximum Gasteiger partial charge on any atom is 0.0714 e. The third-order valence-corrected chi connectivity index (χ3v) is 13.8. The Bertz CT molecular complexity index is 2850. The van der Waals surface area contributed by atoms with Gasteiger partial charge in [0, 0.05) is 41.9 Å². The molecule has 2 aliphatic rings. The summed E-state index contributed by atoms with van der Waals surface area (Å²) >= 11 is 3.81. The second kappa shape index (κ2) is 12.6. The van der Waals surface area contributed by atoms with Gasteiger partial charge in [0.1, 0.15) is 0 Å². The molecule has 0 saturated heterocycles. The minimum Gasteiger partial charge on any atom is -0.310 e. The van der Waals surface area contributed by atoms with Gasteiger partial charge in [0.15, 0.2) is 0 Å². The van der Waals surface area contributed by atoms with E-state index in [2.05, 4.69) is 205 Å². The Balaban J connectivity index is 1.23. The van der Waals surface area contributed by atoms with E-state index in [1.165, 1.54) is 74.5 Å². The number of fused-ring (bicyclic) bond motifs is 8. The highest BCUT2D eigenvalue weighted by Crippen LogP contribution is 2.62. The highest BCUT2D eigenvalue weighted by atomic mass is 32.2. The van der Waals surface area contributed by atoms with Gasteiger partial charge in [0.05, 0.1) is 11.1 Å². The maximum atomic E-state index is 2.49. The van der Waals surface area contributed by atoms with Crippen molar-refractivity contribution in [2.24, 2.45) is 0 Å². The molecule has 0 fully saturated rings. The van der Waals surface area contributed by atoms with Crippen molar-refractivity contribution in [1.29, 1.82) is 0 Å². The summed E-state index contributed by atoms with van der Waals surface area (Å²) < 4.78 is 0. The summed E-state index contributed by atoms with van der Waals surface area (Å²) in [7, 11) is 0. The largest absolute Gasteiger partial charge is 0.310 e. The lowest BCUT2D eigenvalue weighted by atomic mass is 9.67. The summed E-state index contributed by atoms with van der Waals surface area (Å²) in [6.07, 6.45) is 0. The summed E-state index contributed by atoms with van der Waals surface area (Å²) in [5.41, 5.74) is 10.7. The molecule has 0 unspecified atom stereocenters. The molecule has 0 N–H and O–H groups in total. The zero-order valence-electron chi connectivity index (χ0n) is 29.3. The van der Waals surface area contributed by atoms with E-state index < -0.39 is 5.41 Å². The monoisotopic (exact) mass is 723 g/mol. The topological polar surface area (TPSA) is 3.24 Å². The number of benzene rings is 9. The molecule has 1 heterocycles. The summed E-state index contributed by atoms with van der Waals surface area (Å²) in [6.45, 7) is 0. The zero-order valence-corrected chi connectivity index (χ0v) is 30.9. The first-order valence-electron chi connectivity index (χ1n) is 18.4. The molecular weight excluding hydrogens is 691 g/mol. The Morgan fingerprint density at radius 1 is 0.389 bits per heavy atom. The van der Waals surface area contributed by atoms with E-state index in [-0.39, 0.29) is 0 Å². The Labute approximate surface area is 323 Å². The predicted molar refractivity (Wildman–Crippen MR) is 228 cm³/mol. The molecule has 9 aromatic rings. The van der Waals surface area contributed by atoms with Crippen LogP contribution in [0.3, 0.4) is 0 Å². The zero-order chi connectivity index (χ0) is 35.6. The van der Waals surface area contributed by atoms with Crippen molar-refractivity contribution in [2.75, 3.05) is 4.90 Å². The molecule has 3 heteroatoms. The predicted octanol–water partition coefficient (Wildman–Crippen LogP) is 14.4. The third-order valence-electron chi connectivity index (χ3n) is 11.2. The van der Waals surface area contributed by atoms with Crippen LogP contribution in [0.5, 0.6) is 0 Å². The van der Waals surface area contributed by atoms with Gasteiger partial charge >= 0.3 is 0 Å². The van der Waals surface area contributed by atoms with Crippen LogP contribution in [0, 0.1) is 0 Å². The normalized spacial score (nSPS) is 13.6. The fraction of sp³-hybridized carbons (Fsp3) is 0.0196. The first kappa shape index (κ1) is 31.5. The van der Waals surface area contributed by atoms with Crippen LogP contribution in [0.25, 0.3) is 32.7 Å². The van der Waals surface area contributed by atoms with Crippen LogP contribution in [-0.4, -0.2) is 0 Å². The van der Waals surface area contributed by atoms with Crippen LogP contribution < -0.4 is 4.90 Å². The molecule has 0 aromatic heterocycles. The first-order valence-corrected chi connectivity index (χ1v) is 20.1. The molecule has 9 aromatic carbocycles. The van der Waals surface area contributed by atoms with Crippen LogP contribution in [0.15, 0.2) is 220 Å². The van der Waals surface area contributed by atoms with Gasteiger partial charge in [-0.05, 0) is 92.5 Å². The highest BCUT2D eigenvalue weighted by Gasteiger charge is 2.48. The van der Waals surface area contributed by atoms with Gasteiger partial charge in [0.2, 0.25) is 0 Å². The van der Waals surface area contributed by atoms with E-state index in [4.69, 9.17) is 0 Å². The van der Waals surface area contributed by atoms with E-state index in [1.807, 2.05) is 23.5 Å². The molecule has 1 aliphatic heterocycles. The minimum absolute atomic E-state index is 0.534. The van der Waals surface area contributed by atoms with Crippen molar-refractivity contribution in [1.82, 2.24) is 0 Å². The second-order valence-corrected chi connectivity index (χ2v) is 16.2. The Hall–Kier alpha value is -6.00. The molecule has 0 bridgehead atoms. The number of anilines is 3. The molecule has 1 aliphatic carbocycles. The van der Waals surface area contributed by atoms with Crippen molar-refractivity contribution in [2.45, 2.75) is 25.0 Å². The van der Waals surface area contributed by atoms with Crippen molar-refractivity contribution in [3.8, 4) is 11.1 Å². The van der Waals surface area contributed by atoms with Crippen molar-refractivity contribution < 1.29 is 0 Å². The molecule has 0 atom stereocenters. The summed E-state index contributed by atoms with van der Waals surface area (Å²) in [5.74, 6) is 0. The molecule has 11 rings (SSSR count). The number of rotatable bonds is 5. The molecular formula is C51H33NS2. The molecule has 0 radical (unpaired) electrons. The molecule has 254 valence electrons. The quantitative estimate of drug-likeness (QED) is 0.174. The van der Waals surface area contributed by atoms with Crippen LogP contribution in [0.4, 0.5) is 17.1 Å². The van der Waals surface area contributed by atoms with Gasteiger partial charge in [0.25, 0.3) is 0 Å². The third kappa shape index (κ3) is 4.75. The van der Waals surface area contributed by atoms with Crippen LogP contribution in [-0.2, 0) is 5.41 Å². The molecule has 54 heavy (non-hydrogen) atoms. The Morgan fingerprint density at radius 3 is 1.78 bits per heavy atom. The van der Waals surface area contributed by atoms with Gasteiger partial charge in [-0.3, -0.25) is 0 Å². The molecule has 0 spiro atoms. The molecule has 1 nitrogen and oxygen atoms in total. The standard InChI is InChI=1S/C51H33NS2/c1-3-18-37(19-4-1)51(38-20-5-2-6-21-38)43-30-31-48-50(54-47-25-12-11-24-46(47)53-48)49(43)42-29-28-40(33-44(42)51)52(39-27-26-34-14-7-8-16-36(34)32-39)45-23-13-17-35-15-9-10-22-41(35)45/h1-33H. The van der Waals surface area contributed by atoms with E-state index in [0.717, 1.165) is 17.1 Å². The average molecular weight is 724 g/mol. The van der Waals surface area contributed by atoms with Crippen LogP contribution in [0.1, 0.15) is 22.3 Å². The van der Waals surface area contributed by atoms with Gasteiger partial charge in [-0.2, -0.15) is 0 Å². The van der Waals surface area contributed by atoms with Gasteiger partial charge in [-0.25, -0.2) is 0 Å². The fourth-order valence-corrected chi connectivity index (χ4v) is 11.2. The second-order valence-electron chi connectivity index (χ2n) is 14.0. The number of hydrogen-bond acceptors (Lipinski definition) is 3. The summed E-state index contributed by atoms with van der Waals surface area (Å²) in [5, 5.41) is 4.89. The van der Waals surface area contributed by atoms with Crippen molar-refractivity contribution in [3.05, 3.63) is 222 Å². The first-order chi connectivity index (χ1) is 26.8. The smallest absolute Gasteiger partial charge is 0.0714 e. The van der Waals surface area contributed by atoms with Crippen molar-refractivity contribution >= 4 is 62.1 Å². The fourth-order valence-electron chi connectivity index (χ4n) is 8.83. The van der Waals surface area contributed by atoms with Crippen LogP contribution >= 0.6 is 23.5 Å². The summed E-state index contributed by atoms with van der Waals surface area (Å²) in [4.78, 5) is 7.77. The van der Waals surface area contributed by atoms with Gasteiger partial charge < -0.3 is 4.90 Å². The van der Waals surface area contributed by atoms with E-state index >= 15 is 0 Å². The minimum atomic E-state index is -0.534. The number of hydrogen-bond donors (Lipinski definition) is 0. The van der Waals surface area contributed by atoms with E-state index in [1.54, 1.807) is 0 Å².